The van der Waals surface area contributed by atoms with Gasteiger partial charge in [0.25, 0.3) is 0 Å². The Labute approximate surface area is 257 Å². The third kappa shape index (κ3) is 3.87. The number of ether oxygens (including phenoxy) is 1. The number of hydrogen-bond donors (Lipinski definition) is 1. The second kappa shape index (κ2) is 9.91. The second-order valence-corrected chi connectivity index (χ2v) is 12.8. The van der Waals surface area contributed by atoms with Crippen LogP contribution >= 0.6 is 15.9 Å². The lowest BCUT2D eigenvalue weighted by atomic mass is 9.51. The number of phenolic OH excluding ortho intramolecular Hbond substituents is 1. The number of carbonyl (C=O) groups is 4. The van der Waals surface area contributed by atoms with Crippen LogP contribution in [0.3, 0.4) is 0 Å². The van der Waals surface area contributed by atoms with Crippen molar-refractivity contribution in [2.24, 2.45) is 29.1 Å². The van der Waals surface area contributed by atoms with Crippen molar-refractivity contribution >= 4 is 50.9 Å². The molecule has 3 fully saturated rings. The summed E-state index contributed by atoms with van der Waals surface area (Å²) >= 11 is 3.41. The van der Waals surface area contributed by atoms with Gasteiger partial charge in [0.2, 0.25) is 23.6 Å². The van der Waals surface area contributed by atoms with Gasteiger partial charge in [0, 0.05) is 10.4 Å². The van der Waals surface area contributed by atoms with E-state index in [9.17, 15) is 24.3 Å². The Balaban J connectivity index is 1.37. The molecule has 2 aliphatic carbocycles. The Morgan fingerprint density at radius 3 is 2.26 bits per heavy atom. The van der Waals surface area contributed by atoms with Crippen molar-refractivity contribution in [2.75, 3.05) is 16.9 Å². The number of anilines is 2. The van der Waals surface area contributed by atoms with Gasteiger partial charge in [0.05, 0.1) is 41.7 Å². The smallest absolute Gasteiger partial charge is 0.241 e. The molecule has 9 heteroatoms. The van der Waals surface area contributed by atoms with Gasteiger partial charge in [0.15, 0.2) is 11.5 Å². The van der Waals surface area contributed by atoms with E-state index >= 15 is 0 Å². The molecule has 2 heterocycles. The highest BCUT2D eigenvalue weighted by atomic mass is 79.9. The third-order valence-electron chi connectivity index (χ3n) is 9.91. The van der Waals surface area contributed by atoms with Crippen LogP contribution in [0.1, 0.15) is 31.2 Å². The lowest BCUT2D eigenvalue weighted by Crippen LogP contribution is -2.48. The van der Waals surface area contributed by atoms with Crippen LogP contribution < -0.4 is 14.5 Å². The number of halogens is 1. The lowest BCUT2D eigenvalue weighted by molar-refractivity contribution is -0.131. The summed E-state index contributed by atoms with van der Waals surface area (Å²) in [5, 5.41) is 10.4. The van der Waals surface area contributed by atoms with Crippen molar-refractivity contribution in [1.82, 2.24) is 0 Å². The number of rotatable bonds is 4. The number of para-hydroxylation sites is 1. The number of imide groups is 2. The largest absolute Gasteiger partial charge is 0.504 e. The molecule has 1 saturated carbocycles. The normalized spacial score (nSPS) is 29.7. The molecule has 3 aromatic rings. The predicted octanol–water partition coefficient (Wildman–Crippen LogP) is 5.60. The van der Waals surface area contributed by atoms with Crippen molar-refractivity contribution in [2.45, 2.75) is 25.7 Å². The van der Waals surface area contributed by atoms with Crippen molar-refractivity contribution in [3.63, 3.8) is 0 Å². The lowest BCUT2D eigenvalue weighted by Gasteiger charge is -2.49. The molecular weight excluding hydrogens is 612 g/mol. The molecule has 2 saturated heterocycles. The monoisotopic (exact) mass is 640 g/mol. The molecule has 0 bridgehead atoms. The summed E-state index contributed by atoms with van der Waals surface area (Å²) in [6, 6.07) is 20.9. The topological polar surface area (TPSA) is 104 Å². The predicted molar refractivity (Wildman–Crippen MR) is 162 cm³/mol. The van der Waals surface area contributed by atoms with Crippen molar-refractivity contribution in [3.8, 4) is 11.5 Å². The Bertz CT molecular complexity index is 1720. The zero-order valence-electron chi connectivity index (χ0n) is 23.6. The Kier molecular flexibility index (Phi) is 6.36. The summed E-state index contributed by atoms with van der Waals surface area (Å²) < 4.78 is 6.26. The molecule has 6 atom stereocenters. The fraction of sp³-hybridized carbons (Fsp3) is 0.294. The van der Waals surface area contributed by atoms with Gasteiger partial charge in [0.1, 0.15) is 0 Å². The third-order valence-corrected chi connectivity index (χ3v) is 10.4. The number of amides is 4. The molecule has 0 spiro atoms. The van der Waals surface area contributed by atoms with E-state index in [1.165, 1.54) is 23.0 Å². The van der Waals surface area contributed by atoms with Crippen LogP contribution in [0.5, 0.6) is 11.5 Å². The van der Waals surface area contributed by atoms with E-state index < -0.39 is 35.0 Å². The molecule has 0 radical (unpaired) electrons. The standard InChI is InChI=1S/C34H29BrN2O6/c1-34-25(31(40)37(33(34)42)20-6-4-3-5-7-20)17-24-22(29(34)18-8-15-26(38)27(16-18)43-2)13-14-23-28(24)32(41)36(30(23)39)21-11-9-19(35)10-12-21/h3-13,15-16,23-25,28-29,38H,14,17H2,1-2H3. The number of fused-ring (bicyclic) bond motifs is 4. The first-order valence-corrected chi connectivity index (χ1v) is 15.1. The van der Waals surface area contributed by atoms with E-state index in [0.29, 0.717) is 23.4 Å². The van der Waals surface area contributed by atoms with Crippen molar-refractivity contribution < 1.29 is 29.0 Å². The van der Waals surface area contributed by atoms with Gasteiger partial charge >= 0.3 is 0 Å². The average Bonchev–Trinajstić information content (AvgIpc) is 3.38. The molecule has 1 N–H and O–H groups in total. The fourth-order valence-corrected chi connectivity index (χ4v) is 8.20. The molecule has 2 aliphatic heterocycles. The Hall–Kier alpha value is -4.24. The van der Waals surface area contributed by atoms with Gasteiger partial charge in [-0.3, -0.25) is 24.1 Å². The second-order valence-electron chi connectivity index (χ2n) is 11.9. The molecule has 0 aromatic heterocycles. The summed E-state index contributed by atoms with van der Waals surface area (Å²) in [5.74, 6) is -3.88. The first-order chi connectivity index (χ1) is 20.7. The maximum atomic E-state index is 14.4. The van der Waals surface area contributed by atoms with Crippen LogP contribution in [0.4, 0.5) is 11.4 Å². The minimum absolute atomic E-state index is 0.0422. The highest BCUT2D eigenvalue weighted by Gasteiger charge is 2.67. The SMILES string of the molecule is COc1cc(C2C3=CCC4C(=O)N(c5ccc(Br)cc5)C(=O)C4C3CC3C(=O)N(c4ccccc4)C(=O)C32C)ccc1O. The minimum atomic E-state index is -1.17. The van der Waals surface area contributed by atoms with Gasteiger partial charge in [-0.2, -0.15) is 0 Å². The molecule has 8 nitrogen and oxygen atoms in total. The Morgan fingerprint density at radius 1 is 0.860 bits per heavy atom. The zero-order valence-corrected chi connectivity index (χ0v) is 25.2. The minimum Gasteiger partial charge on any atom is -0.504 e. The van der Waals surface area contributed by atoms with Crippen LogP contribution in [0.25, 0.3) is 0 Å². The van der Waals surface area contributed by atoms with Gasteiger partial charge < -0.3 is 9.84 Å². The van der Waals surface area contributed by atoms with Gasteiger partial charge in [-0.05, 0) is 79.8 Å². The summed E-state index contributed by atoms with van der Waals surface area (Å²) in [6.07, 6.45) is 2.64. The summed E-state index contributed by atoms with van der Waals surface area (Å²) in [4.78, 5) is 59.0. The molecule has 4 aliphatic rings. The number of benzene rings is 3. The number of phenols is 1. The van der Waals surface area contributed by atoms with Gasteiger partial charge in [-0.1, -0.05) is 51.8 Å². The summed E-state index contributed by atoms with van der Waals surface area (Å²) in [6.45, 7) is 1.84. The fourth-order valence-electron chi connectivity index (χ4n) is 7.94. The van der Waals surface area contributed by atoms with Crippen molar-refractivity contribution in [3.05, 3.63) is 94.5 Å². The van der Waals surface area contributed by atoms with E-state index in [-0.39, 0.29) is 41.5 Å². The molecule has 7 rings (SSSR count). The van der Waals surface area contributed by atoms with Crippen molar-refractivity contribution in [1.29, 1.82) is 0 Å². The summed E-state index contributed by atoms with van der Waals surface area (Å²) in [7, 11) is 1.46. The molecule has 6 unspecified atom stereocenters. The maximum absolute atomic E-state index is 14.4. The molecule has 43 heavy (non-hydrogen) atoms. The van der Waals surface area contributed by atoms with E-state index in [4.69, 9.17) is 4.74 Å². The quantitative estimate of drug-likeness (QED) is 0.294. The number of allylic oxidation sites excluding steroid dienone is 2. The average molecular weight is 642 g/mol. The van der Waals surface area contributed by atoms with E-state index in [1.54, 1.807) is 60.7 Å². The van der Waals surface area contributed by atoms with Gasteiger partial charge in [-0.15, -0.1) is 0 Å². The highest BCUT2D eigenvalue weighted by Crippen LogP contribution is 2.64. The number of carbonyl (C=O) groups excluding carboxylic acids is 4. The molecule has 3 aromatic carbocycles. The van der Waals surface area contributed by atoms with Crippen LogP contribution in [0.15, 0.2) is 88.9 Å². The highest BCUT2D eigenvalue weighted by molar-refractivity contribution is 9.10. The summed E-state index contributed by atoms with van der Waals surface area (Å²) in [5.41, 5.74) is 1.42. The first-order valence-electron chi connectivity index (χ1n) is 14.3. The van der Waals surface area contributed by atoms with Gasteiger partial charge in [-0.25, -0.2) is 4.90 Å². The van der Waals surface area contributed by atoms with E-state index in [0.717, 1.165) is 10.0 Å². The van der Waals surface area contributed by atoms with Crippen LogP contribution in [-0.2, 0) is 19.2 Å². The van der Waals surface area contributed by atoms with Crippen LogP contribution in [-0.4, -0.2) is 35.8 Å². The number of hydrogen-bond acceptors (Lipinski definition) is 6. The van der Waals surface area contributed by atoms with E-state index in [1.807, 2.05) is 19.1 Å². The molecule has 4 amide bonds. The van der Waals surface area contributed by atoms with Crippen LogP contribution in [0, 0.1) is 29.1 Å². The first kappa shape index (κ1) is 27.6. The number of nitrogens with zero attached hydrogens (tertiary/aromatic N) is 2. The number of methoxy groups -OCH3 is 1. The van der Waals surface area contributed by atoms with Crippen LogP contribution in [0.2, 0.25) is 0 Å². The maximum Gasteiger partial charge on any atom is 0.241 e. The molecule has 218 valence electrons. The molecular formula is C34H29BrN2O6. The van der Waals surface area contributed by atoms with E-state index in [2.05, 4.69) is 15.9 Å². The Morgan fingerprint density at radius 2 is 1.56 bits per heavy atom. The zero-order chi connectivity index (χ0) is 30.2. The number of aromatic hydroxyl groups is 1.